The number of benzene rings is 1. The molecule has 0 aliphatic heterocycles. The van der Waals surface area contributed by atoms with E-state index in [0.29, 0.717) is 17.9 Å². The number of hydrogen-bond acceptors (Lipinski definition) is 4. The molecule has 5 aromatic rings. The molecule has 0 unspecified atom stereocenters. The van der Waals surface area contributed by atoms with Crippen LogP contribution in [0.1, 0.15) is 5.69 Å². The predicted molar refractivity (Wildman–Crippen MR) is 106 cm³/mol. The summed E-state index contributed by atoms with van der Waals surface area (Å²) < 4.78 is 29.5. The number of thiazole rings is 1. The molecule has 0 aliphatic carbocycles. The number of rotatable bonds is 4. The Labute approximate surface area is 166 Å². The number of imidazole rings is 1. The summed E-state index contributed by atoms with van der Waals surface area (Å²) in [6.07, 6.45) is 3.80. The van der Waals surface area contributed by atoms with Crippen molar-refractivity contribution in [2.75, 3.05) is 0 Å². The van der Waals surface area contributed by atoms with Crippen LogP contribution in [0.5, 0.6) is 0 Å². The van der Waals surface area contributed by atoms with Gasteiger partial charge >= 0.3 is 0 Å². The van der Waals surface area contributed by atoms with E-state index in [2.05, 4.69) is 16.0 Å². The van der Waals surface area contributed by atoms with E-state index < -0.39 is 11.6 Å². The first kappa shape index (κ1) is 17.2. The standard InChI is InChI=1S/C20H12F2N4S2/c21-14-4-1-3-13(18(14)22)19-24-15-6-7-26(10-16(15)25-19)9-12-11-28-20(23-12)17-5-2-8-27-17/h1-8,10-11H,9H2/p+1. The maximum absolute atomic E-state index is 14.1. The molecule has 0 radical (unpaired) electrons. The fourth-order valence-electron chi connectivity index (χ4n) is 2.99. The number of nitrogens with one attached hydrogen (secondary N) is 1. The van der Waals surface area contributed by atoms with Gasteiger partial charge in [0.15, 0.2) is 30.6 Å². The number of H-pyrrole nitrogens is 1. The van der Waals surface area contributed by atoms with Crippen LogP contribution in [0.2, 0.25) is 0 Å². The summed E-state index contributed by atoms with van der Waals surface area (Å²) in [7, 11) is 0. The molecule has 0 bridgehead atoms. The predicted octanol–water partition coefficient (Wildman–Crippen LogP) is 5.03. The van der Waals surface area contributed by atoms with Gasteiger partial charge in [0.1, 0.15) is 27.6 Å². The lowest BCUT2D eigenvalue weighted by Gasteiger charge is -1.99. The zero-order valence-corrected chi connectivity index (χ0v) is 16.0. The first-order chi connectivity index (χ1) is 13.7. The average molecular weight is 411 g/mol. The van der Waals surface area contributed by atoms with Gasteiger partial charge in [-0.25, -0.2) is 18.7 Å². The van der Waals surface area contributed by atoms with Gasteiger partial charge in [-0.15, -0.1) is 22.7 Å². The Balaban J connectivity index is 1.45. The van der Waals surface area contributed by atoms with Gasteiger partial charge in [-0.3, -0.25) is 0 Å². The molecule has 8 heteroatoms. The van der Waals surface area contributed by atoms with E-state index >= 15 is 0 Å². The molecule has 28 heavy (non-hydrogen) atoms. The van der Waals surface area contributed by atoms with Crippen LogP contribution in [0.3, 0.4) is 0 Å². The highest BCUT2D eigenvalue weighted by molar-refractivity contribution is 7.20. The molecule has 138 valence electrons. The van der Waals surface area contributed by atoms with Crippen LogP contribution in [0, 0.1) is 11.6 Å². The second kappa shape index (κ2) is 6.88. The van der Waals surface area contributed by atoms with Crippen molar-refractivity contribution in [2.24, 2.45) is 0 Å². The maximum atomic E-state index is 14.1. The van der Waals surface area contributed by atoms with Crippen LogP contribution in [0.25, 0.3) is 32.3 Å². The van der Waals surface area contributed by atoms with Crippen molar-refractivity contribution in [1.29, 1.82) is 0 Å². The minimum atomic E-state index is -0.905. The number of halogens is 2. The summed E-state index contributed by atoms with van der Waals surface area (Å²) in [5, 5.41) is 5.10. The summed E-state index contributed by atoms with van der Waals surface area (Å²) in [4.78, 5) is 13.3. The monoisotopic (exact) mass is 411 g/mol. The topological polar surface area (TPSA) is 45.5 Å². The molecule has 0 saturated carbocycles. The second-order valence-electron chi connectivity index (χ2n) is 6.22. The lowest BCUT2D eigenvalue weighted by molar-refractivity contribution is -0.687. The van der Waals surface area contributed by atoms with Crippen molar-refractivity contribution in [2.45, 2.75) is 6.54 Å². The summed E-state index contributed by atoms with van der Waals surface area (Å²) in [5.74, 6) is -1.49. The lowest BCUT2D eigenvalue weighted by atomic mass is 10.2. The van der Waals surface area contributed by atoms with Crippen molar-refractivity contribution in [3.63, 3.8) is 0 Å². The summed E-state index contributed by atoms with van der Waals surface area (Å²) >= 11 is 3.29. The average Bonchev–Trinajstić information content (AvgIpc) is 3.43. The van der Waals surface area contributed by atoms with Gasteiger partial charge in [-0.05, 0) is 23.6 Å². The van der Waals surface area contributed by atoms with Crippen molar-refractivity contribution >= 4 is 33.7 Å². The van der Waals surface area contributed by atoms with Gasteiger partial charge in [0.25, 0.3) is 0 Å². The highest BCUT2D eigenvalue weighted by atomic mass is 32.1. The SMILES string of the molecule is Fc1cccc(-c2nc3cc[n+](Cc4csc(-c5cccs5)n4)cc3[nH]2)c1F. The van der Waals surface area contributed by atoms with Crippen LogP contribution in [0.15, 0.2) is 59.6 Å². The first-order valence-corrected chi connectivity index (χ1v) is 10.2. The third-order valence-electron chi connectivity index (χ3n) is 4.32. The molecule has 1 N–H and O–H groups in total. The van der Waals surface area contributed by atoms with E-state index in [1.54, 1.807) is 22.7 Å². The van der Waals surface area contributed by atoms with E-state index in [1.165, 1.54) is 12.1 Å². The molecule has 0 saturated heterocycles. The van der Waals surface area contributed by atoms with Crippen LogP contribution in [-0.2, 0) is 6.54 Å². The molecular weight excluding hydrogens is 398 g/mol. The van der Waals surface area contributed by atoms with Crippen molar-refractivity contribution < 1.29 is 13.3 Å². The Bertz CT molecular complexity index is 1270. The largest absolute Gasteiger partial charge is 0.333 e. The minimum Gasteiger partial charge on any atom is -0.333 e. The number of nitrogens with zero attached hydrogens (tertiary/aromatic N) is 3. The molecule has 4 aromatic heterocycles. The molecular formula is C20H13F2N4S2+. The molecule has 4 nitrogen and oxygen atoms in total. The summed E-state index contributed by atoms with van der Waals surface area (Å²) in [6.45, 7) is 0.612. The van der Waals surface area contributed by atoms with Gasteiger partial charge in [0.05, 0.1) is 10.4 Å². The number of fused-ring (bicyclic) bond motifs is 1. The lowest BCUT2D eigenvalue weighted by Crippen LogP contribution is -2.33. The quantitative estimate of drug-likeness (QED) is 0.422. The molecule has 0 amide bonds. The van der Waals surface area contributed by atoms with E-state index in [-0.39, 0.29) is 5.56 Å². The van der Waals surface area contributed by atoms with Crippen LogP contribution in [0.4, 0.5) is 8.78 Å². The normalized spacial score (nSPS) is 11.4. The molecule has 0 atom stereocenters. The number of aromatic nitrogens is 4. The smallest absolute Gasteiger partial charge is 0.195 e. The zero-order chi connectivity index (χ0) is 19.1. The van der Waals surface area contributed by atoms with E-state index in [1.807, 2.05) is 39.9 Å². The Morgan fingerprint density at radius 2 is 1.96 bits per heavy atom. The van der Waals surface area contributed by atoms with E-state index in [4.69, 9.17) is 4.98 Å². The molecule has 1 aromatic carbocycles. The molecule has 0 spiro atoms. The molecule has 4 heterocycles. The van der Waals surface area contributed by atoms with Crippen LogP contribution in [-0.4, -0.2) is 15.0 Å². The molecule has 5 rings (SSSR count). The summed E-state index contributed by atoms with van der Waals surface area (Å²) in [6, 6.07) is 9.98. The Hall–Kier alpha value is -2.97. The minimum absolute atomic E-state index is 0.114. The molecule has 0 aliphatic rings. The van der Waals surface area contributed by atoms with Gasteiger partial charge in [0, 0.05) is 11.4 Å². The third-order valence-corrected chi connectivity index (χ3v) is 6.25. The number of pyridine rings is 1. The van der Waals surface area contributed by atoms with Crippen LogP contribution < -0.4 is 4.57 Å². The molecule has 0 fully saturated rings. The number of aromatic amines is 1. The third kappa shape index (κ3) is 3.10. The Kier molecular flexibility index (Phi) is 4.22. The van der Waals surface area contributed by atoms with E-state index in [0.717, 1.165) is 27.2 Å². The van der Waals surface area contributed by atoms with Crippen LogP contribution >= 0.6 is 22.7 Å². The Morgan fingerprint density at radius 1 is 1.04 bits per heavy atom. The van der Waals surface area contributed by atoms with Crippen molar-refractivity contribution in [1.82, 2.24) is 15.0 Å². The van der Waals surface area contributed by atoms with Crippen molar-refractivity contribution in [3.8, 4) is 21.3 Å². The van der Waals surface area contributed by atoms with Crippen molar-refractivity contribution in [3.05, 3.63) is 76.9 Å². The van der Waals surface area contributed by atoms with E-state index in [9.17, 15) is 8.78 Å². The van der Waals surface area contributed by atoms with Gasteiger partial charge in [0.2, 0.25) is 0 Å². The second-order valence-corrected chi connectivity index (χ2v) is 8.03. The fraction of sp³-hybridized carbons (Fsp3) is 0.0500. The maximum Gasteiger partial charge on any atom is 0.195 e. The Morgan fingerprint density at radius 3 is 2.82 bits per heavy atom. The van der Waals surface area contributed by atoms with Gasteiger partial charge in [-0.2, -0.15) is 4.57 Å². The summed E-state index contributed by atoms with van der Waals surface area (Å²) in [5.41, 5.74) is 2.51. The number of hydrogen-bond donors (Lipinski definition) is 1. The highest BCUT2D eigenvalue weighted by Crippen LogP contribution is 2.28. The van der Waals surface area contributed by atoms with Gasteiger partial charge in [-0.1, -0.05) is 12.1 Å². The zero-order valence-electron chi connectivity index (χ0n) is 14.4. The fourth-order valence-corrected chi connectivity index (χ4v) is 4.62. The van der Waals surface area contributed by atoms with Gasteiger partial charge < -0.3 is 4.98 Å². The highest BCUT2D eigenvalue weighted by Gasteiger charge is 2.16. The first-order valence-electron chi connectivity index (χ1n) is 8.49. The number of thiophene rings is 1.